The molecule has 2 aromatic rings. The molecular formula is C26H33ClN2O2S. The van der Waals surface area contributed by atoms with Gasteiger partial charge in [0.15, 0.2) is 0 Å². The van der Waals surface area contributed by atoms with Gasteiger partial charge in [-0.05, 0) is 55.0 Å². The molecule has 0 heterocycles. The number of thioether (sulfide) groups is 1. The highest BCUT2D eigenvalue weighted by molar-refractivity contribution is 7.99. The number of hydrogen-bond donors (Lipinski definition) is 1. The van der Waals surface area contributed by atoms with E-state index in [4.69, 9.17) is 11.6 Å². The summed E-state index contributed by atoms with van der Waals surface area (Å²) >= 11 is 7.64. The molecular weight excluding hydrogens is 440 g/mol. The van der Waals surface area contributed by atoms with Crippen molar-refractivity contribution in [1.82, 2.24) is 10.2 Å². The van der Waals surface area contributed by atoms with Gasteiger partial charge in [0.1, 0.15) is 6.04 Å². The van der Waals surface area contributed by atoms with E-state index in [2.05, 4.69) is 5.32 Å². The lowest BCUT2D eigenvalue weighted by molar-refractivity contribution is -0.139. The first-order valence-electron chi connectivity index (χ1n) is 11.4. The van der Waals surface area contributed by atoms with Crippen molar-refractivity contribution in [2.24, 2.45) is 0 Å². The average Bonchev–Trinajstić information content (AvgIpc) is 3.28. The van der Waals surface area contributed by atoms with Crippen LogP contribution in [0.15, 0.2) is 48.5 Å². The summed E-state index contributed by atoms with van der Waals surface area (Å²) in [4.78, 5) is 28.3. The van der Waals surface area contributed by atoms with E-state index in [1.54, 1.807) is 16.7 Å². The van der Waals surface area contributed by atoms with Gasteiger partial charge in [-0.1, -0.05) is 67.8 Å². The lowest BCUT2D eigenvalue weighted by Crippen LogP contribution is -2.51. The normalized spacial score (nSPS) is 14.8. The van der Waals surface area contributed by atoms with Crippen LogP contribution in [0, 0.1) is 6.92 Å². The first kappa shape index (κ1) is 24.7. The van der Waals surface area contributed by atoms with Gasteiger partial charge in [0, 0.05) is 23.4 Å². The van der Waals surface area contributed by atoms with E-state index in [0.29, 0.717) is 29.5 Å². The maximum Gasteiger partial charge on any atom is 0.243 e. The van der Waals surface area contributed by atoms with Gasteiger partial charge >= 0.3 is 0 Å². The number of rotatable bonds is 10. The number of aryl methyl sites for hydroxylation is 1. The molecule has 3 rings (SSSR count). The molecule has 1 fully saturated rings. The minimum atomic E-state index is -0.463. The maximum atomic E-state index is 13.4. The molecule has 0 saturated heterocycles. The van der Waals surface area contributed by atoms with Crippen molar-refractivity contribution >= 4 is 35.2 Å². The van der Waals surface area contributed by atoms with Gasteiger partial charge < -0.3 is 10.2 Å². The fraction of sp³-hybridized carbons (Fsp3) is 0.462. The van der Waals surface area contributed by atoms with Crippen LogP contribution in [0.3, 0.4) is 0 Å². The summed E-state index contributed by atoms with van der Waals surface area (Å²) in [5, 5.41) is 3.90. The fourth-order valence-electron chi connectivity index (χ4n) is 4.22. The summed E-state index contributed by atoms with van der Waals surface area (Å²) in [7, 11) is 0. The van der Waals surface area contributed by atoms with Crippen LogP contribution in [0.1, 0.15) is 55.7 Å². The topological polar surface area (TPSA) is 49.4 Å². The minimum Gasteiger partial charge on any atom is -0.352 e. The van der Waals surface area contributed by atoms with Gasteiger partial charge in [-0.3, -0.25) is 9.59 Å². The second-order valence-electron chi connectivity index (χ2n) is 8.48. The van der Waals surface area contributed by atoms with Crippen LogP contribution in [0.5, 0.6) is 0 Å². The Hall–Kier alpha value is -1.98. The molecule has 1 aliphatic rings. The molecule has 0 bridgehead atoms. The second-order valence-corrected chi connectivity index (χ2v) is 9.91. The van der Waals surface area contributed by atoms with Crippen LogP contribution in [0.4, 0.5) is 0 Å². The number of carbonyl (C=O) groups excluding carboxylic acids is 2. The van der Waals surface area contributed by atoms with Crippen LogP contribution in [0.2, 0.25) is 5.02 Å². The van der Waals surface area contributed by atoms with Gasteiger partial charge in [0.05, 0.1) is 5.75 Å². The molecule has 1 aliphatic carbocycles. The molecule has 6 heteroatoms. The van der Waals surface area contributed by atoms with E-state index in [1.807, 2.05) is 62.4 Å². The molecule has 0 spiro atoms. The van der Waals surface area contributed by atoms with E-state index in [1.165, 1.54) is 0 Å². The quantitative estimate of drug-likeness (QED) is 0.479. The minimum absolute atomic E-state index is 0.00583. The SMILES string of the molecule is CC[C@@H](C(=O)NC1CCCC1)N(Cc1ccccc1C)C(=O)CSCc1cccc(Cl)c1. The van der Waals surface area contributed by atoms with Crippen molar-refractivity contribution in [1.29, 1.82) is 0 Å². The molecule has 2 aromatic carbocycles. The molecule has 0 unspecified atom stereocenters. The number of carbonyl (C=O) groups is 2. The van der Waals surface area contributed by atoms with Crippen molar-refractivity contribution in [2.45, 2.75) is 70.3 Å². The Morgan fingerprint density at radius 2 is 1.91 bits per heavy atom. The van der Waals surface area contributed by atoms with Crippen LogP contribution < -0.4 is 5.32 Å². The predicted molar refractivity (Wildman–Crippen MR) is 134 cm³/mol. The average molecular weight is 473 g/mol. The maximum absolute atomic E-state index is 13.4. The Labute approximate surface area is 201 Å². The number of amides is 2. The molecule has 0 aromatic heterocycles. The summed E-state index contributed by atoms with van der Waals surface area (Å²) in [5.41, 5.74) is 3.29. The first-order chi connectivity index (χ1) is 15.5. The zero-order chi connectivity index (χ0) is 22.9. The highest BCUT2D eigenvalue weighted by Gasteiger charge is 2.30. The Kier molecular flexibility index (Phi) is 9.49. The summed E-state index contributed by atoms with van der Waals surface area (Å²) in [5.74, 6) is 0.996. The fourth-order valence-corrected chi connectivity index (χ4v) is 5.29. The number of halogens is 1. The Morgan fingerprint density at radius 1 is 1.16 bits per heavy atom. The number of benzene rings is 2. The standard InChI is InChI=1S/C26H33ClN2O2S/c1-3-24(26(31)28-23-13-6-7-14-23)29(16-21-11-5-4-9-19(21)2)25(30)18-32-17-20-10-8-12-22(27)15-20/h4-5,8-12,15,23-24H,3,6-7,13-14,16-18H2,1-2H3,(H,28,31)/t24-/m0/s1. The Morgan fingerprint density at radius 3 is 2.59 bits per heavy atom. The summed E-state index contributed by atoms with van der Waals surface area (Å²) in [6, 6.07) is 15.5. The van der Waals surface area contributed by atoms with Crippen LogP contribution >= 0.6 is 23.4 Å². The third-order valence-corrected chi connectivity index (χ3v) is 7.30. The van der Waals surface area contributed by atoms with Crippen molar-refractivity contribution in [2.75, 3.05) is 5.75 Å². The smallest absolute Gasteiger partial charge is 0.243 e. The molecule has 1 N–H and O–H groups in total. The molecule has 2 amide bonds. The monoisotopic (exact) mass is 472 g/mol. The van der Waals surface area contributed by atoms with Crippen molar-refractivity contribution in [3.05, 3.63) is 70.2 Å². The molecule has 1 atom stereocenters. The van der Waals surface area contributed by atoms with E-state index in [9.17, 15) is 9.59 Å². The van der Waals surface area contributed by atoms with Crippen LogP contribution in [-0.2, 0) is 21.9 Å². The van der Waals surface area contributed by atoms with E-state index in [0.717, 1.165) is 42.4 Å². The third kappa shape index (κ3) is 7.01. The number of hydrogen-bond acceptors (Lipinski definition) is 3. The van der Waals surface area contributed by atoms with E-state index in [-0.39, 0.29) is 17.9 Å². The molecule has 172 valence electrons. The summed E-state index contributed by atoms with van der Waals surface area (Å²) in [6.45, 7) is 4.47. The van der Waals surface area contributed by atoms with Crippen molar-refractivity contribution < 1.29 is 9.59 Å². The van der Waals surface area contributed by atoms with Crippen LogP contribution in [-0.4, -0.2) is 34.6 Å². The lowest BCUT2D eigenvalue weighted by Gasteiger charge is -2.32. The third-order valence-electron chi connectivity index (χ3n) is 6.07. The summed E-state index contributed by atoms with van der Waals surface area (Å²) < 4.78 is 0. The molecule has 1 saturated carbocycles. The van der Waals surface area contributed by atoms with E-state index >= 15 is 0 Å². The zero-order valence-electron chi connectivity index (χ0n) is 19.0. The largest absolute Gasteiger partial charge is 0.352 e. The molecule has 4 nitrogen and oxygen atoms in total. The highest BCUT2D eigenvalue weighted by Crippen LogP contribution is 2.22. The lowest BCUT2D eigenvalue weighted by atomic mass is 10.1. The van der Waals surface area contributed by atoms with Gasteiger partial charge in [-0.15, -0.1) is 11.8 Å². The highest BCUT2D eigenvalue weighted by atomic mass is 35.5. The molecule has 0 radical (unpaired) electrons. The van der Waals surface area contributed by atoms with Crippen LogP contribution in [0.25, 0.3) is 0 Å². The zero-order valence-corrected chi connectivity index (χ0v) is 20.6. The Balaban J connectivity index is 1.71. The van der Waals surface area contributed by atoms with Gasteiger partial charge in [-0.25, -0.2) is 0 Å². The van der Waals surface area contributed by atoms with E-state index < -0.39 is 6.04 Å². The van der Waals surface area contributed by atoms with Crippen molar-refractivity contribution in [3.63, 3.8) is 0 Å². The molecule has 0 aliphatic heterocycles. The molecule has 32 heavy (non-hydrogen) atoms. The predicted octanol–water partition coefficient (Wildman–Crippen LogP) is 5.75. The number of nitrogens with zero attached hydrogens (tertiary/aromatic N) is 1. The van der Waals surface area contributed by atoms with Gasteiger partial charge in [-0.2, -0.15) is 0 Å². The van der Waals surface area contributed by atoms with Crippen molar-refractivity contribution in [3.8, 4) is 0 Å². The summed E-state index contributed by atoms with van der Waals surface area (Å²) in [6.07, 6.45) is 4.98. The first-order valence-corrected chi connectivity index (χ1v) is 13.0. The Bertz CT molecular complexity index is 914. The van der Waals surface area contributed by atoms with Gasteiger partial charge in [0.25, 0.3) is 0 Å². The number of nitrogens with one attached hydrogen (secondary N) is 1. The second kappa shape index (κ2) is 12.3. The van der Waals surface area contributed by atoms with Gasteiger partial charge in [0.2, 0.25) is 11.8 Å².